The van der Waals surface area contributed by atoms with Gasteiger partial charge in [-0.1, -0.05) is 30.7 Å². The summed E-state index contributed by atoms with van der Waals surface area (Å²) in [6.07, 6.45) is 4.00. The smallest absolute Gasteiger partial charge is 0.238 e. The average Bonchev–Trinajstić information content (AvgIpc) is 3.11. The fourth-order valence-electron chi connectivity index (χ4n) is 3.27. The van der Waals surface area contributed by atoms with Crippen LogP contribution in [0.4, 0.5) is 0 Å². The second-order valence-corrected chi connectivity index (χ2v) is 7.65. The second-order valence-electron chi connectivity index (χ2n) is 6.62. The molecule has 2 atom stereocenters. The van der Waals surface area contributed by atoms with Crippen LogP contribution < -0.4 is 10.6 Å². The first-order valence-electron chi connectivity index (χ1n) is 8.63. The SMILES string of the molecule is CC1CCCCN1Cc1ccc(CNC(=O)C2CSCN2)cc1.Cl.Cl. The van der Waals surface area contributed by atoms with Crippen LogP contribution in [0.15, 0.2) is 24.3 Å². The number of nitrogens with one attached hydrogen (secondary N) is 2. The average molecular weight is 406 g/mol. The van der Waals surface area contributed by atoms with E-state index in [4.69, 9.17) is 0 Å². The van der Waals surface area contributed by atoms with E-state index in [1.165, 1.54) is 36.9 Å². The van der Waals surface area contributed by atoms with Crippen LogP contribution in [0.5, 0.6) is 0 Å². The van der Waals surface area contributed by atoms with Crippen LogP contribution in [0.1, 0.15) is 37.3 Å². The lowest BCUT2D eigenvalue weighted by Gasteiger charge is -2.33. The molecule has 25 heavy (non-hydrogen) atoms. The van der Waals surface area contributed by atoms with Crippen molar-refractivity contribution in [3.63, 3.8) is 0 Å². The topological polar surface area (TPSA) is 44.4 Å². The summed E-state index contributed by atoms with van der Waals surface area (Å²) in [5, 5.41) is 6.22. The molecular formula is C18H29Cl2N3OS. The Hall–Kier alpha value is -0.460. The van der Waals surface area contributed by atoms with Gasteiger partial charge in [-0.05, 0) is 37.4 Å². The summed E-state index contributed by atoms with van der Waals surface area (Å²) in [5.41, 5.74) is 2.53. The zero-order chi connectivity index (χ0) is 16.1. The molecule has 1 aromatic rings. The van der Waals surface area contributed by atoms with E-state index in [1.54, 1.807) is 11.8 Å². The molecule has 2 aliphatic rings. The van der Waals surface area contributed by atoms with Gasteiger partial charge in [-0.3, -0.25) is 15.0 Å². The normalized spacial score (nSPS) is 23.4. The second kappa shape index (κ2) is 11.3. The van der Waals surface area contributed by atoms with Crippen molar-refractivity contribution in [3.05, 3.63) is 35.4 Å². The van der Waals surface area contributed by atoms with Crippen molar-refractivity contribution >= 4 is 42.5 Å². The van der Waals surface area contributed by atoms with Crippen molar-refractivity contribution in [2.24, 2.45) is 0 Å². The summed E-state index contributed by atoms with van der Waals surface area (Å²) in [7, 11) is 0. The number of hydrogen-bond acceptors (Lipinski definition) is 4. The van der Waals surface area contributed by atoms with E-state index in [1.807, 2.05) is 0 Å². The molecule has 2 aliphatic heterocycles. The van der Waals surface area contributed by atoms with Gasteiger partial charge in [0, 0.05) is 30.8 Å². The molecule has 4 nitrogen and oxygen atoms in total. The molecule has 0 saturated carbocycles. The molecule has 2 heterocycles. The molecule has 1 amide bonds. The fraction of sp³-hybridized carbons (Fsp3) is 0.611. The third kappa shape index (κ3) is 6.65. The molecule has 7 heteroatoms. The number of carbonyl (C=O) groups excluding carboxylic acids is 1. The van der Waals surface area contributed by atoms with E-state index in [9.17, 15) is 4.79 Å². The predicted octanol–water partition coefficient (Wildman–Crippen LogP) is 3.18. The summed E-state index contributed by atoms with van der Waals surface area (Å²) >= 11 is 1.77. The minimum atomic E-state index is -0.0279. The van der Waals surface area contributed by atoms with Gasteiger partial charge in [0.15, 0.2) is 0 Å². The van der Waals surface area contributed by atoms with Crippen LogP contribution in [0.2, 0.25) is 0 Å². The van der Waals surface area contributed by atoms with Gasteiger partial charge < -0.3 is 5.32 Å². The van der Waals surface area contributed by atoms with Gasteiger partial charge in [-0.2, -0.15) is 0 Å². The summed E-state index contributed by atoms with van der Waals surface area (Å²) < 4.78 is 0. The number of thioether (sulfide) groups is 1. The first-order chi connectivity index (χ1) is 11.2. The third-order valence-electron chi connectivity index (χ3n) is 4.85. The quantitative estimate of drug-likeness (QED) is 0.789. The van der Waals surface area contributed by atoms with Crippen LogP contribution >= 0.6 is 36.6 Å². The Bertz CT molecular complexity index is 524. The molecular weight excluding hydrogens is 377 g/mol. The molecule has 0 aromatic heterocycles. The highest BCUT2D eigenvalue weighted by molar-refractivity contribution is 7.99. The Morgan fingerprint density at radius 1 is 1.24 bits per heavy atom. The lowest BCUT2D eigenvalue weighted by atomic mass is 10.0. The molecule has 3 rings (SSSR count). The van der Waals surface area contributed by atoms with Crippen LogP contribution in [0, 0.1) is 0 Å². The maximum absolute atomic E-state index is 12.0. The van der Waals surface area contributed by atoms with Gasteiger partial charge in [0.25, 0.3) is 0 Å². The maximum atomic E-state index is 12.0. The summed E-state index contributed by atoms with van der Waals surface area (Å²) in [5.74, 6) is 1.86. The lowest BCUT2D eigenvalue weighted by molar-refractivity contribution is -0.122. The Labute approximate surface area is 167 Å². The first-order valence-corrected chi connectivity index (χ1v) is 9.78. The van der Waals surface area contributed by atoms with Gasteiger partial charge in [0.2, 0.25) is 5.91 Å². The minimum absolute atomic E-state index is 0. The predicted molar refractivity (Wildman–Crippen MR) is 111 cm³/mol. The number of halogens is 2. The van der Waals surface area contributed by atoms with Crippen LogP contribution in [-0.2, 0) is 17.9 Å². The standard InChI is InChI=1S/C18H27N3OS.2ClH/c1-14-4-2-3-9-21(14)11-16-7-5-15(6-8-16)10-19-18(22)17-12-23-13-20-17;;/h5-8,14,17,20H,2-4,9-13H2,1H3,(H,19,22);2*1H. The number of nitrogens with zero attached hydrogens (tertiary/aromatic N) is 1. The zero-order valence-corrected chi connectivity index (χ0v) is 17.2. The number of likely N-dealkylation sites (tertiary alicyclic amines) is 1. The summed E-state index contributed by atoms with van der Waals surface area (Å²) in [6, 6.07) is 9.35. The van der Waals surface area contributed by atoms with E-state index < -0.39 is 0 Å². The number of amides is 1. The van der Waals surface area contributed by atoms with E-state index >= 15 is 0 Å². The maximum Gasteiger partial charge on any atom is 0.238 e. The fourth-order valence-corrected chi connectivity index (χ4v) is 4.21. The van der Waals surface area contributed by atoms with Gasteiger partial charge >= 0.3 is 0 Å². The van der Waals surface area contributed by atoms with Crippen molar-refractivity contribution < 1.29 is 4.79 Å². The number of hydrogen-bond donors (Lipinski definition) is 2. The first kappa shape index (κ1) is 22.6. The highest BCUT2D eigenvalue weighted by Gasteiger charge is 2.22. The highest BCUT2D eigenvalue weighted by Crippen LogP contribution is 2.19. The Morgan fingerprint density at radius 3 is 2.60 bits per heavy atom. The van der Waals surface area contributed by atoms with Crippen molar-refractivity contribution in [1.29, 1.82) is 0 Å². The van der Waals surface area contributed by atoms with Gasteiger partial charge in [-0.25, -0.2) is 0 Å². The molecule has 2 N–H and O–H groups in total. The number of carbonyl (C=O) groups is 1. The largest absolute Gasteiger partial charge is 0.351 e. The molecule has 0 spiro atoms. The number of benzene rings is 1. The minimum Gasteiger partial charge on any atom is -0.351 e. The number of rotatable bonds is 5. The van der Waals surface area contributed by atoms with Crippen LogP contribution in [-0.4, -0.2) is 41.1 Å². The van der Waals surface area contributed by atoms with Crippen molar-refractivity contribution in [2.75, 3.05) is 18.2 Å². The molecule has 2 fully saturated rings. The Kier molecular flexibility index (Phi) is 10.2. The summed E-state index contributed by atoms with van der Waals surface area (Å²) in [4.78, 5) is 14.6. The van der Waals surface area contributed by atoms with Crippen molar-refractivity contribution in [3.8, 4) is 0 Å². The molecule has 0 aliphatic carbocycles. The molecule has 2 saturated heterocycles. The van der Waals surface area contributed by atoms with Gasteiger partial charge in [0.05, 0.1) is 6.04 Å². The molecule has 0 radical (unpaired) electrons. The Morgan fingerprint density at radius 2 is 1.96 bits per heavy atom. The van der Waals surface area contributed by atoms with Crippen LogP contribution in [0.25, 0.3) is 0 Å². The third-order valence-corrected chi connectivity index (χ3v) is 5.79. The molecule has 142 valence electrons. The van der Waals surface area contributed by atoms with E-state index in [0.29, 0.717) is 12.6 Å². The van der Waals surface area contributed by atoms with Gasteiger partial charge in [0.1, 0.15) is 0 Å². The van der Waals surface area contributed by atoms with E-state index in [-0.39, 0.29) is 36.8 Å². The van der Waals surface area contributed by atoms with Gasteiger partial charge in [-0.15, -0.1) is 36.6 Å². The van der Waals surface area contributed by atoms with E-state index in [2.05, 4.69) is 46.7 Å². The lowest BCUT2D eigenvalue weighted by Crippen LogP contribution is -2.41. The van der Waals surface area contributed by atoms with Crippen molar-refractivity contribution in [2.45, 2.75) is 51.4 Å². The van der Waals surface area contributed by atoms with E-state index in [0.717, 1.165) is 18.2 Å². The highest BCUT2D eigenvalue weighted by atomic mass is 35.5. The number of piperidine rings is 1. The molecule has 2 unspecified atom stereocenters. The zero-order valence-electron chi connectivity index (χ0n) is 14.7. The Balaban J connectivity index is 0.00000156. The van der Waals surface area contributed by atoms with Crippen LogP contribution in [0.3, 0.4) is 0 Å². The molecule has 1 aromatic carbocycles. The monoisotopic (exact) mass is 405 g/mol. The summed E-state index contributed by atoms with van der Waals surface area (Å²) in [6.45, 7) is 5.20. The molecule has 0 bridgehead atoms. The van der Waals surface area contributed by atoms with Crippen molar-refractivity contribution in [1.82, 2.24) is 15.5 Å².